The number of thiophene rings is 1. The second-order valence-corrected chi connectivity index (χ2v) is 9.10. The van der Waals surface area contributed by atoms with Crippen LogP contribution in [-0.2, 0) is 22.4 Å². The van der Waals surface area contributed by atoms with E-state index in [1.165, 1.54) is 49.5 Å². The molecule has 2 aromatic rings. The Bertz CT molecular complexity index is 886. The van der Waals surface area contributed by atoms with Gasteiger partial charge in [0.15, 0.2) is 0 Å². The van der Waals surface area contributed by atoms with Crippen molar-refractivity contribution < 1.29 is 14.3 Å². The quantitative estimate of drug-likeness (QED) is 0.412. The van der Waals surface area contributed by atoms with Gasteiger partial charge in [0, 0.05) is 11.0 Å². The smallest absolute Gasteiger partial charge is 0.341 e. The second-order valence-electron chi connectivity index (χ2n) is 7.99. The van der Waals surface area contributed by atoms with Crippen LogP contribution in [0.4, 0.5) is 5.00 Å². The number of benzene rings is 1. The van der Waals surface area contributed by atoms with Gasteiger partial charge < -0.3 is 10.1 Å². The predicted molar refractivity (Wildman–Crippen MR) is 129 cm³/mol. The number of esters is 1. The number of aryl methyl sites for hydroxylation is 1. The number of nitrogens with one attached hydrogen (secondary N) is 1. The molecule has 1 aliphatic carbocycles. The van der Waals surface area contributed by atoms with Crippen molar-refractivity contribution in [3.8, 4) is 0 Å². The third kappa shape index (κ3) is 7.06. The van der Waals surface area contributed by atoms with Gasteiger partial charge in [-0.3, -0.25) is 4.79 Å². The number of hydrogen-bond donors (Lipinski definition) is 1. The first kappa shape index (κ1) is 23.3. The monoisotopic (exact) mass is 439 g/mol. The zero-order chi connectivity index (χ0) is 21.9. The Kier molecular flexibility index (Phi) is 9.35. The van der Waals surface area contributed by atoms with Crippen LogP contribution in [0, 0.1) is 0 Å². The number of carbonyl (C=O) groups excluding carboxylic acids is 2. The van der Waals surface area contributed by atoms with Crippen LogP contribution in [0.15, 0.2) is 36.4 Å². The van der Waals surface area contributed by atoms with E-state index in [9.17, 15) is 9.59 Å². The van der Waals surface area contributed by atoms with E-state index in [1.54, 1.807) is 17.4 Å². The number of ether oxygens (including phenoxy) is 1. The Hall–Kier alpha value is -2.40. The van der Waals surface area contributed by atoms with Gasteiger partial charge in [-0.25, -0.2) is 4.79 Å². The van der Waals surface area contributed by atoms with Gasteiger partial charge in [0.1, 0.15) is 5.00 Å². The third-order valence-corrected chi connectivity index (χ3v) is 6.82. The van der Waals surface area contributed by atoms with Crippen LogP contribution >= 0.6 is 11.3 Å². The average Bonchev–Trinajstić information content (AvgIpc) is 3.10. The number of rotatable bonds is 5. The molecule has 0 bridgehead atoms. The Balaban J connectivity index is 1.85. The lowest BCUT2D eigenvalue weighted by Crippen LogP contribution is -2.13. The van der Waals surface area contributed by atoms with Gasteiger partial charge in [-0.1, -0.05) is 68.9 Å². The van der Waals surface area contributed by atoms with Crippen LogP contribution in [0.2, 0.25) is 0 Å². The predicted octanol–water partition coefficient (Wildman–Crippen LogP) is 6.80. The van der Waals surface area contributed by atoms with Gasteiger partial charge in [-0.2, -0.15) is 0 Å². The van der Waals surface area contributed by atoms with E-state index in [0.29, 0.717) is 17.2 Å². The summed E-state index contributed by atoms with van der Waals surface area (Å²) in [7, 11) is 0. The summed E-state index contributed by atoms with van der Waals surface area (Å²) in [5, 5.41) is 3.59. The van der Waals surface area contributed by atoms with Crippen molar-refractivity contribution in [2.24, 2.45) is 0 Å². The molecule has 0 saturated carbocycles. The molecule has 5 heteroatoms. The van der Waals surface area contributed by atoms with Gasteiger partial charge in [0.2, 0.25) is 5.91 Å². The van der Waals surface area contributed by atoms with Crippen molar-refractivity contribution in [1.82, 2.24) is 0 Å². The van der Waals surface area contributed by atoms with Crippen molar-refractivity contribution in [2.75, 3.05) is 11.9 Å². The molecule has 0 radical (unpaired) electrons. The van der Waals surface area contributed by atoms with E-state index in [2.05, 4.69) is 5.32 Å². The fraction of sp³-hybridized carbons (Fsp3) is 0.462. The number of carbonyl (C=O) groups is 2. The summed E-state index contributed by atoms with van der Waals surface area (Å²) >= 11 is 1.55. The zero-order valence-electron chi connectivity index (χ0n) is 18.5. The first-order chi connectivity index (χ1) is 15.2. The highest BCUT2D eigenvalue weighted by Crippen LogP contribution is 2.37. The molecule has 1 N–H and O–H groups in total. The molecule has 0 saturated heterocycles. The molecule has 0 fully saturated rings. The molecule has 0 atom stereocenters. The number of amides is 1. The summed E-state index contributed by atoms with van der Waals surface area (Å²) in [5.41, 5.74) is 2.62. The fourth-order valence-corrected chi connectivity index (χ4v) is 5.30. The molecular formula is C26H33NO3S. The molecule has 1 aliphatic rings. The molecule has 4 nitrogen and oxygen atoms in total. The second kappa shape index (κ2) is 12.5. The largest absolute Gasteiger partial charge is 0.462 e. The lowest BCUT2D eigenvalue weighted by atomic mass is 9.97. The van der Waals surface area contributed by atoms with Crippen LogP contribution in [0.25, 0.3) is 6.08 Å². The Labute approximate surface area is 189 Å². The van der Waals surface area contributed by atoms with E-state index in [-0.39, 0.29) is 11.9 Å². The maximum absolute atomic E-state index is 12.8. The SMILES string of the molecule is CCOC(=O)c1c(NC(=O)/C=C\c2ccccc2)sc2c1CCCCCCCCCC2. The Morgan fingerprint density at radius 2 is 1.61 bits per heavy atom. The Morgan fingerprint density at radius 3 is 2.29 bits per heavy atom. The molecule has 31 heavy (non-hydrogen) atoms. The summed E-state index contributed by atoms with van der Waals surface area (Å²) in [6, 6.07) is 9.71. The summed E-state index contributed by atoms with van der Waals surface area (Å²) < 4.78 is 5.37. The lowest BCUT2D eigenvalue weighted by Gasteiger charge is -2.10. The van der Waals surface area contributed by atoms with Crippen molar-refractivity contribution >= 4 is 34.3 Å². The highest BCUT2D eigenvalue weighted by atomic mass is 32.1. The number of hydrogen-bond acceptors (Lipinski definition) is 4. The fourth-order valence-electron chi connectivity index (χ4n) is 4.02. The molecule has 1 aromatic heterocycles. The minimum atomic E-state index is -0.325. The van der Waals surface area contributed by atoms with Crippen molar-refractivity contribution in [1.29, 1.82) is 0 Å². The summed E-state index contributed by atoms with van der Waals surface area (Å²) in [5.74, 6) is -0.555. The standard InChI is InChI=1S/C26H33NO3S/c1-2-30-26(29)24-21-16-12-7-5-3-4-6-8-13-17-22(21)31-25(24)27-23(28)19-18-20-14-10-9-11-15-20/h9-11,14-15,18-19H,2-8,12-13,16-17H2,1H3,(H,27,28)/b19-18-. The average molecular weight is 440 g/mol. The van der Waals surface area contributed by atoms with Gasteiger partial charge in [0.25, 0.3) is 0 Å². The highest BCUT2D eigenvalue weighted by molar-refractivity contribution is 7.17. The van der Waals surface area contributed by atoms with E-state index >= 15 is 0 Å². The number of anilines is 1. The van der Waals surface area contributed by atoms with E-state index in [0.717, 1.165) is 36.8 Å². The normalized spacial score (nSPS) is 15.5. The van der Waals surface area contributed by atoms with Crippen molar-refractivity contribution in [2.45, 2.75) is 71.1 Å². The third-order valence-electron chi connectivity index (χ3n) is 5.61. The molecule has 166 valence electrons. The van der Waals surface area contributed by atoms with Crippen LogP contribution in [0.5, 0.6) is 0 Å². The van der Waals surface area contributed by atoms with Crippen LogP contribution < -0.4 is 5.32 Å². The maximum atomic E-state index is 12.8. The van der Waals surface area contributed by atoms with Gasteiger partial charge in [-0.15, -0.1) is 11.3 Å². The van der Waals surface area contributed by atoms with Crippen LogP contribution in [-0.4, -0.2) is 18.5 Å². The van der Waals surface area contributed by atoms with Gasteiger partial charge in [0.05, 0.1) is 12.2 Å². The lowest BCUT2D eigenvalue weighted by molar-refractivity contribution is -0.111. The molecule has 1 heterocycles. The zero-order valence-corrected chi connectivity index (χ0v) is 19.3. The van der Waals surface area contributed by atoms with Gasteiger partial charge in [-0.05, 0) is 49.8 Å². The molecule has 1 amide bonds. The molecule has 0 aliphatic heterocycles. The van der Waals surface area contributed by atoms with E-state index in [4.69, 9.17) is 4.74 Å². The van der Waals surface area contributed by atoms with Gasteiger partial charge >= 0.3 is 5.97 Å². The topological polar surface area (TPSA) is 55.4 Å². The molecule has 1 aromatic carbocycles. The minimum absolute atomic E-state index is 0.230. The van der Waals surface area contributed by atoms with Crippen molar-refractivity contribution in [3.63, 3.8) is 0 Å². The summed E-state index contributed by atoms with van der Waals surface area (Å²) in [6.45, 7) is 2.14. The molecule has 3 rings (SSSR count). The first-order valence-electron chi connectivity index (χ1n) is 11.5. The van der Waals surface area contributed by atoms with Crippen LogP contribution in [0.3, 0.4) is 0 Å². The minimum Gasteiger partial charge on any atom is -0.462 e. The molecule has 0 spiro atoms. The summed E-state index contributed by atoms with van der Waals surface area (Å²) in [6.07, 6.45) is 14.9. The van der Waals surface area contributed by atoms with E-state index in [1.807, 2.05) is 37.3 Å². The Morgan fingerprint density at radius 1 is 0.968 bits per heavy atom. The first-order valence-corrected chi connectivity index (χ1v) is 12.4. The molecule has 0 unspecified atom stereocenters. The van der Waals surface area contributed by atoms with E-state index < -0.39 is 0 Å². The highest BCUT2D eigenvalue weighted by Gasteiger charge is 2.25. The number of fused-ring (bicyclic) bond motifs is 1. The van der Waals surface area contributed by atoms with Crippen LogP contribution in [0.1, 0.15) is 84.7 Å². The molecular weight excluding hydrogens is 406 g/mol. The van der Waals surface area contributed by atoms with Crippen molar-refractivity contribution in [3.05, 3.63) is 58.0 Å². The summed E-state index contributed by atoms with van der Waals surface area (Å²) in [4.78, 5) is 26.7. The maximum Gasteiger partial charge on any atom is 0.341 e.